The first-order valence-electron chi connectivity index (χ1n) is 8.41. The van der Waals surface area contributed by atoms with E-state index in [1.54, 1.807) is 56.3 Å². The maximum absolute atomic E-state index is 12.4. The van der Waals surface area contributed by atoms with Crippen LogP contribution in [0.1, 0.15) is 29.8 Å². The van der Waals surface area contributed by atoms with E-state index in [0.717, 1.165) is 22.8 Å². The third-order valence-corrected chi connectivity index (χ3v) is 4.52. The zero-order valence-electron chi connectivity index (χ0n) is 15.0. The van der Waals surface area contributed by atoms with E-state index in [0.29, 0.717) is 16.8 Å². The first-order valence-corrected chi connectivity index (χ1v) is 9.14. The minimum atomic E-state index is -0.654. The van der Waals surface area contributed by atoms with Crippen LogP contribution >= 0.6 is 11.7 Å². The number of nitrogens with one attached hydrogen (secondary N) is 2. The molecule has 140 valence electrons. The van der Waals surface area contributed by atoms with Gasteiger partial charge >= 0.3 is 0 Å². The first kappa shape index (κ1) is 18.9. The molecule has 3 aromatic rings. The molecule has 0 bridgehead atoms. The van der Waals surface area contributed by atoms with Crippen LogP contribution in [0.2, 0.25) is 0 Å². The van der Waals surface area contributed by atoms with Crippen molar-refractivity contribution in [2.75, 3.05) is 11.9 Å². The number of rotatable bonds is 6. The quantitative estimate of drug-likeness (QED) is 0.605. The number of carbonyl (C=O) groups is 2. The van der Waals surface area contributed by atoms with Gasteiger partial charge in [0.05, 0.1) is 30.3 Å². The zero-order valence-corrected chi connectivity index (χ0v) is 15.8. The number of aliphatic hydroxyl groups is 1. The van der Waals surface area contributed by atoms with Crippen LogP contribution in [0.25, 0.3) is 11.0 Å². The van der Waals surface area contributed by atoms with Gasteiger partial charge in [0.15, 0.2) is 0 Å². The second-order valence-corrected chi connectivity index (χ2v) is 7.41. The number of nitrogens with zero attached hydrogens (tertiary/aromatic N) is 2. The Balaban J connectivity index is 1.61. The van der Waals surface area contributed by atoms with Gasteiger partial charge in [-0.25, -0.2) is 0 Å². The van der Waals surface area contributed by atoms with Gasteiger partial charge < -0.3 is 15.7 Å². The van der Waals surface area contributed by atoms with Crippen LogP contribution in [0.3, 0.4) is 0 Å². The van der Waals surface area contributed by atoms with E-state index in [-0.39, 0.29) is 24.8 Å². The van der Waals surface area contributed by atoms with Crippen LogP contribution in [-0.4, -0.2) is 37.8 Å². The lowest BCUT2D eigenvalue weighted by molar-refractivity contribution is -0.122. The standard InChI is InChI=1S/C19H20N4O3S/c1-19(2,11-24)21-17(25)9-12-3-6-14(7-4-12)20-18(26)13-5-8-15-16(10-13)23-27-22-15/h3-8,10,24H,9,11H2,1-2H3,(H,20,26)(H,21,25). The first-order chi connectivity index (χ1) is 12.9. The molecule has 0 atom stereocenters. The molecule has 0 saturated carbocycles. The average Bonchev–Trinajstić information content (AvgIpc) is 3.10. The summed E-state index contributed by atoms with van der Waals surface area (Å²) in [6, 6.07) is 12.3. The Morgan fingerprint density at radius 2 is 1.78 bits per heavy atom. The topological polar surface area (TPSA) is 104 Å². The van der Waals surface area contributed by atoms with Crippen LogP contribution in [-0.2, 0) is 11.2 Å². The van der Waals surface area contributed by atoms with Crippen LogP contribution in [0.5, 0.6) is 0 Å². The Hall–Kier alpha value is -2.84. The van der Waals surface area contributed by atoms with Crippen LogP contribution in [0.15, 0.2) is 42.5 Å². The van der Waals surface area contributed by atoms with Crippen molar-refractivity contribution in [1.82, 2.24) is 14.1 Å². The fraction of sp³-hybridized carbons (Fsp3) is 0.263. The molecule has 0 aliphatic heterocycles. The summed E-state index contributed by atoms with van der Waals surface area (Å²) in [7, 11) is 0. The predicted octanol–water partition coefficient (Wildman–Crippen LogP) is 2.37. The van der Waals surface area contributed by atoms with Crippen molar-refractivity contribution in [2.24, 2.45) is 0 Å². The number of aliphatic hydroxyl groups excluding tert-OH is 1. The molecule has 0 fully saturated rings. The highest BCUT2D eigenvalue weighted by Crippen LogP contribution is 2.16. The third-order valence-electron chi connectivity index (χ3n) is 3.97. The highest BCUT2D eigenvalue weighted by molar-refractivity contribution is 7.00. The van der Waals surface area contributed by atoms with Gasteiger partial charge in [-0.1, -0.05) is 12.1 Å². The highest BCUT2D eigenvalue weighted by atomic mass is 32.1. The molecule has 0 saturated heterocycles. The lowest BCUT2D eigenvalue weighted by atomic mass is 10.1. The number of amides is 2. The van der Waals surface area contributed by atoms with Gasteiger partial charge in [-0.05, 0) is 49.7 Å². The number of hydrogen-bond donors (Lipinski definition) is 3. The smallest absolute Gasteiger partial charge is 0.255 e. The summed E-state index contributed by atoms with van der Waals surface area (Å²) in [5.41, 5.74) is 2.76. The van der Waals surface area contributed by atoms with Crippen molar-refractivity contribution in [3.63, 3.8) is 0 Å². The number of benzene rings is 2. The molecule has 0 spiro atoms. The molecule has 27 heavy (non-hydrogen) atoms. The zero-order chi connectivity index (χ0) is 19.4. The van der Waals surface area contributed by atoms with Crippen molar-refractivity contribution in [2.45, 2.75) is 25.8 Å². The van der Waals surface area contributed by atoms with Crippen molar-refractivity contribution in [3.8, 4) is 0 Å². The van der Waals surface area contributed by atoms with Gasteiger partial charge in [0.2, 0.25) is 5.91 Å². The third kappa shape index (κ3) is 4.87. The molecule has 8 heteroatoms. The fourth-order valence-electron chi connectivity index (χ4n) is 2.48. The molecule has 0 radical (unpaired) electrons. The minimum absolute atomic E-state index is 0.132. The summed E-state index contributed by atoms with van der Waals surface area (Å²) < 4.78 is 8.25. The molecule has 2 amide bonds. The normalized spacial score (nSPS) is 11.4. The second kappa shape index (κ2) is 7.81. The molecule has 0 aliphatic carbocycles. The van der Waals surface area contributed by atoms with E-state index >= 15 is 0 Å². The summed E-state index contributed by atoms with van der Waals surface area (Å²) in [5.74, 6) is -0.406. The minimum Gasteiger partial charge on any atom is -0.394 e. The molecule has 3 rings (SSSR count). The number of aromatic nitrogens is 2. The maximum atomic E-state index is 12.4. The number of hydrogen-bond acceptors (Lipinski definition) is 6. The lowest BCUT2D eigenvalue weighted by Crippen LogP contribution is -2.46. The van der Waals surface area contributed by atoms with Gasteiger partial charge in [0.1, 0.15) is 11.0 Å². The molecule has 7 nitrogen and oxygen atoms in total. The highest BCUT2D eigenvalue weighted by Gasteiger charge is 2.19. The van der Waals surface area contributed by atoms with Crippen LogP contribution in [0, 0.1) is 0 Å². The Bertz CT molecular complexity index is 967. The lowest BCUT2D eigenvalue weighted by Gasteiger charge is -2.23. The van der Waals surface area contributed by atoms with E-state index in [1.807, 2.05) is 0 Å². The summed E-state index contributed by atoms with van der Waals surface area (Å²) in [6.45, 7) is 3.37. The Labute approximate surface area is 160 Å². The maximum Gasteiger partial charge on any atom is 0.255 e. The van der Waals surface area contributed by atoms with E-state index in [4.69, 9.17) is 0 Å². The van der Waals surface area contributed by atoms with E-state index < -0.39 is 5.54 Å². The molecule has 1 heterocycles. The predicted molar refractivity (Wildman–Crippen MR) is 105 cm³/mol. The molecular weight excluding hydrogens is 364 g/mol. The number of anilines is 1. The summed E-state index contributed by atoms with van der Waals surface area (Å²) in [5, 5.41) is 14.8. The van der Waals surface area contributed by atoms with Crippen molar-refractivity contribution in [1.29, 1.82) is 0 Å². The van der Waals surface area contributed by atoms with E-state index in [2.05, 4.69) is 19.4 Å². The van der Waals surface area contributed by atoms with Gasteiger partial charge in [-0.2, -0.15) is 8.75 Å². The van der Waals surface area contributed by atoms with Gasteiger partial charge in [-0.3, -0.25) is 9.59 Å². The van der Waals surface area contributed by atoms with Crippen LogP contribution < -0.4 is 10.6 Å². The van der Waals surface area contributed by atoms with Gasteiger partial charge in [-0.15, -0.1) is 0 Å². The number of fused-ring (bicyclic) bond motifs is 1. The summed E-state index contributed by atoms with van der Waals surface area (Å²) in [4.78, 5) is 24.4. The molecule has 1 aromatic heterocycles. The van der Waals surface area contributed by atoms with E-state index in [9.17, 15) is 14.7 Å². The second-order valence-electron chi connectivity index (χ2n) is 6.89. The largest absolute Gasteiger partial charge is 0.394 e. The molecule has 2 aromatic carbocycles. The summed E-state index contributed by atoms with van der Waals surface area (Å²) in [6.07, 6.45) is 0.200. The van der Waals surface area contributed by atoms with Crippen molar-refractivity contribution in [3.05, 3.63) is 53.6 Å². The Morgan fingerprint density at radius 1 is 1.07 bits per heavy atom. The van der Waals surface area contributed by atoms with Crippen LogP contribution in [0.4, 0.5) is 5.69 Å². The summed E-state index contributed by atoms with van der Waals surface area (Å²) >= 11 is 1.11. The molecular formula is C19H20N4O3S. The number of carbonyl (C=O) groups excluding carboxylic acids is 2. The molecule has 0 unspecified atom stereocenters. The van der Waals surface area contributed by atoms with Gasteiger partial charge in [0, 0.05) is 11.3 Å². The monoisotopic (exact) mass is 384 g/mol. The molecule has 0 aliphatic rings. The Kier molecular flexibility index (Phi) is 5.48. The fourth-order valence-corrected chi connectivity index (χ4v) is 3.00. The van der Waals surface area contributed by atoms with Gasteiger partial charge in [0.25, 0.3) is 5.91 Å². The van der Waals surface area contributed by atoms with Crippen molar-refractivity contribution >= 4 is 40.3 Å². The Morgan fingerprint density at radius 3 is 2.48 bits per heavy atom. The van der Waals surface area contributed by atoms with E-state index in [1.165, 1.54) is 0 Å². The SMILES string of the molecule is CC(C)(CO)NC(=O)Cc1ccc(NC(=O)c2ccc3nsnc3c2)cc1. The van der Waals surface area contributed by atoms with Crippen molar-refractivity contribution < 1.29 is 14.7 Å². The average molecular weight is 384 g/mol. The molecule has 3 N–H and O–H groups in total.